The molecule has 1 heterocycles. The van der Waals surface area contributed by atoms with Crippen LogP contribution in [0.3, 0.4) is 0 Å². The molecule has 0 unspecified atom stereocenters. The number of thiophene rings is 1. The summed E-state index contributed by atoms with van der Waals surface area (Å²) in [6.45, 7) is 2.61. The molecule has 6 heteroatoms. The minimum atomic E-state index is -0.272. The van der Waals surface area contributed by atoms with Gasteiger partial charge in [-0.3, -0.25) is 9.69 Å². The second-order valence-electron chi connectivity index (χ2n) is 5.00. The van der Waals surface area contributed by atoms with Gasteiger partial charge in [0.25, 0.3) is 0 Å². The van der Waals surface area contributed by atoms with Crippen molar-refractivity contribution in [1.29, 1.82) is 0 Å². The van der Waals surface area contributed by atoms with E-state index in [9.17, 15) is 4.79 Å². The summed E-state index contributed by atoms with van der Waals surface area (Å²) in [7, 11) is 3.49. The van der Waals surface area contributed by atoms with E-state index in [1.807, 2.05) is 30.3 Å². The summed E-state index contributed by atoms with van der Waals surface area (Å²) >= 11 is 7.66. The number of nitrogens with zero attached hydrogens (tertiary/aromatic N) is 1. The van der Waals surface area contributed by atoms with Crippen molar-refractivity contribution < 1.29 is 9.53 Å². The van der Waals surface area contributed by atoms with Crippen molar-refractivity contribution in [3.63, 3.8) is 0 Å². The average Bonchev–Trinajstić information content (AvgIpc) is 2.99. The van der Waals surface area contributed by atoms with Crippen LogP contribution in [0, 0.1) is 0 Å². The molecule has 2 rings (SSSR count). The van der Waals surface area contributed by atoms with E-state index in [0.29, 0.717) is 16.5 Å². The molecular weight excluding hydrogens is 320 g/mol. The lowest BCUT2D eigenvalue weighted by molar-refractivity contribution is -0.120. The lowest BCUT2D eigenvalue weighted by Gasteiger charge is -2.23. The number of methoxy groups -OCH3 is 1. The zero-order valence-corrected chi connectivity index (χ0v) is 14.4. The molecule has 4 nitrogen and oxygen atoms in total. The number of likely N-dealkylation sites (N-methyl/N-ethyl adjacent to an activating group) is 1. The van der Waals surface area contributed by atoms with E-state index in [1.165, 1.54) is 4.88 Å². The topological polar surface area (TPSA) is 41.6 Å². The number of anilines is 1. The Labute approximate surface area is 139 Å². The van der Waals surface area contributed by atoms with Gasteiger partial charge in [0.05, 0.1) is 18.8 Å². The molecule has 118 valence electrons. The van der Waals surface area contributed by atoms with E-state index in [1.54, 1.807) is 36.6 Å². The summed E-state index contributed by atoms with van der Waals surface area (Å²) in [5, 5.41) is 5.46. The average molecular weight is 339 g/mol. The highest BCUT2D eigenvalue weighted by Crippen LogP contribution is 2.28. The molecule has 2 aromatic rings. The Morgan fingerprint density at radius 3 is 2.86 bits per heavy atom. The molecule has 1 aromatic carbocycles. The first-order chi connectivity index (χ1) is 10.5. The van der Waals surface area contributed by atoms with Gasteiger partial charge in [0.2, 0.25) is 5.91 Å². The van der Waals surface area contributed by atoms with Crippen molar-refractivity contribution in [2.75, 3.05) is 19.5 Å². The maximum absolute atomic E-state index is 12.4. The molecule has 22 heavy (non-hydrogen) atoms. The maximum Gasteiger partial charge on any atom is 0.241 e. The van der Waals surface area contributed by atoms with Crippen molar-refractivity contribution >= 4 is 34.5 Å². The number of nitrogens with one attached hydrogen (secondary N) is 1. The van der Waals surface area contributed by atoms with Gasteiger partial charge in [-0.2, -0.15) is 0 Å². The van der Waals surface area contributed by atoms with Crippen molar-refractivity contribution in [2.24, 2.45) is 0 Å². The predicted molar refractivity (Wildman–Crippen MR) is 91.9 cm³/mol. The Morgan fingerprint density at radius 2 is 2.23 bits per heavy atom. The first-order valence-corrected chi connectivity index (χ1v) is 8.14. The summed E-state index contributed by atoms with van der Waals surface area (Å²) in [6, 6.07) is 8.94. The molecule has 0 radical (unpaired) electrons. The fourth-order valence-electron chi connectivity index (χ4n) is 2.00. The Bertz CT molecular complexity index is 631. The van der Waals surface area contributed by atoms with Crippen LogP contribution in [0.15, 0.2) is 35.7 Å². The quantitative estimate of drug-likeness (QED) is 0.869. The first-order valence-electron chi connectivity index (χ1n) is 6.88. The van der Waals surface area contributed by atoms with Gasteiger partial charge in [0.15, 0.2) is 0 Å². The normalized spacial score (nSPS) is 12.2. The molecular formula is C16H19ClN2O2S. The molecule has 1 amide bonds. The lowest BCUT2D eigenvalue weighted by Crippen LogP contribution is -2.39. The molecule has 0 saturated heterocycles. The highest BCUT2D eigenvalue weighted by atomic mass is 35.5. The van der Waals surface area contributed by atoms with Gasteiger partial charge in [-0.15, -0.1) is 11.3 Å². The third kappa shape index (κ3) is 4.22. The summed E-state index contributed by atoms with van der Waals surface area (Å²) in [6.07, 6.45) is 0. The van der Waals surface area contributed by atoms with Crippen LogP contribution in [-0.4, -0.2) is 31.0 Å². The molecule has 0 aliphatic carbocycles. The number of hydrogen-bond acceptors (Lipinski definition) is 4. The number of carbonyl (C=O) groups is 1. The van der Waals surface area contributed by atoms with Crippen LogP contribution in [0.5, 0.6) is 5.75 Å². The second-order valence-corrected chi connectivity index (χ2v) is 6.47. The summed E-state index contributed by atoms with van der Waals surface area (Å²) < 4.78 is 5.24. The van der Waals surface area contributed by atoms with Crippen molar-refractivity contribution in [3.8, 4) is 5.75 Å². The zero-order chi connectivity index (χ0) is 16.1. The third-order valence-electron chi connectivity index (χ3n) is 3.45. The summed E-state index contributed by atoms with van der Waals surface area (Å²) in [4.78, 5) is 15.6. The number of ether oxygens (including phenoxy) is 1. The molecule has 1 aromatic heterocycles. The second kappa shape index (κ2) is 7.63. The molecule has 0 saturated carbocycles. The Kier molecular flexibility index (Phi) is 5.83. The van der Waals surface area contributed by atoms with Gasteiger partial charge >= 0.3 is 0 Å². The van der Waals surface area contributed by atoms with E-state index in [-0.39, 0.29) is 11.9 Å². The van der Waals surface area contributed by atoms with Gasteiger partial charge in [-0.05, 0) is 43.6 Å². The van der Waals surface area contributed by atoms with Gasteiger partial charge in [-0.25, -0.2) is 0 Å². The van der Waals surface area contributed by atoms with Crippen LogP contribution < -0.4 is 10.1 Å². The van der Waals surface area contributed by atoms with Crippen LogP contribution >= 0.6 is 22.9 Å². The van der Waals surface area contributed by atoms with Gasteiger partial charge in [0.1, 0.15) is 5.75 Å². The van der Waals surface area contributed by atoms with Crippen molar-refractivity contribution in [1.82, 2.24) is 4.90 Å². The molecule has 0 fully saturated rings. The van der Waals surface area contributed by atoms with Crippen molar-refractivity contribution in [2.45, 2.75) is 19.5 Å². The number of amides is 1. The lowest BCUT2D eigenvalue weighted by atomic mass is 10.2. The Hall–Kier alpha value is -1.56. The zero-order valence-electron chi connectivity index (χ0n) is 12.8. The van der Waals surface area contributed by atoms with E-state index < -0.39 is 0 Å². The summed E-state index contributed by atoms with van der Waals surface area (Å²) in [5.74, 6) is 0.491. The highest BCUT2D eigenvalue weighted by Gasteiger charge is 2.19. The minimum Gasteiger partial charge on any atom is -0.495 e. The molecule has 1 N–H and O–H groups in total. The Balaban J connectivity index is 2.03. The molecule has 0 bridgehead atoms. The molecule has 0 aliphatic rings. The van der Waals surface area contributed by atoms with E-state index in [2.05, 4.69) is 11.4 Å². The fraction of sp³-hybridized carbons (Fsp3) is 0.312. The number of carbonyl (C=O) groups excluding carboxylic acids is 1. The van der Waals surface area contributed by atoms with Gasteiger partial charge in [-0.1, -0.05) is 17.7 Å². The van der Waals surface area contributed by atoms with Gasteiger partial charge < -0.3 is 10.1 Å². The SMILES string of the molecule is COc1ccc(Cl)cc1NC(=O)[C@H](C)N(C)Cc1cccs1. The highest BCUT2D eigenvalue weighted by molar-refractivity contribution is 7.09. The Morgan fingerprint density at radius 1 is 1.45 bits per heavy atom. The van der Waals surface area contributed by atoms with E-state index in [4.69, 9.17) is 16.3 Å². The van der Waals surface area contributed by atoms with E-state index >= 15 is 0 Å². The molecule has 1 atom stereocenters. The van der Waals surface area contributed by atoms with Crippen LogP contribution in [0.4, 0.5) is 5.69 Å². The monoisotopic (exact) mass is 338 g/mol. The third-order valence-corrected chi connectivity index (χ3v) is 4.54. The van der Waals surface area contributed by atoms with Crippen LogP contribution in [0.25, 0.3) is 0 Å². The largest absolute Gasteiger partial charge is 0.495 e. The smallest absolute Gasteiger partial charge is 0.241 e. The van der Waals surface area contributed by atoms with Crippen LogP contribution in [0.2, 0.25) is 5.02 Å². The van der Waals surface area contributed by atoms with Gasteiger partial charge in [0, 0.05) is 16.4 Å². The standard InChI is InChI=1S/C16H19ClN2O2S/c1-11(19(2)10-13-5-4-8-22-13)16(20)18-14-9-12(17)6-7-15(14)21-3/h4-9,11H,10H2,1-3H3,(H,18,20)/t11-/m0/s1. The number of rotatable bonds is 6. The predicted octanol–water partition coefficient (Wildman–Crippen LogP) is 3.87. The number of benzene rings is 1. The van der Waals surface area contributed by atoms with E-state index in [0.717, 1.165) is 6.54 Å². The van der Waals surface area contributed by atoms with Crippen LogP contribution in [0.1, 0.15) is 11.8 Å². The van der Waals surface area contributed by atoms with Crippen LogP contribution in [-0.2, 0) is 11.3 Å². The molecule has 0 aliphatic heterocycles. The molecule has 0 spiro atoms. The first kappa shape index (κ1) is 16.8. The minimum absolute atomic E-state index is 0.0976. The fourth-order valence-corrected chi connectivity index (χ4v) is 2.94. The number of hydrogen-bond donors (Lipinski definition) is 1. The number of halogens is 1. The summed E-state index contributed by atoms with van der Waals surface area (Å²) in [5.41, 5.74) is 0.580. The maximum atomic E-state index is 12.4. The van der Waals surface area contributed by atoms with Crippen molar-refractivity contribution in [3.05, 3.63) is 45.6 Å².